The van der Waals surface area contributed by atoms with Gasteiger partial charge in [-0.25, -0.2) is 14.6 Å². The van der Waals surface area contributed by atoms with Crippen molar-refractivity contribution in [2.75, 3.05) is 29.1 Å². The van der Waals surface area contributed by atoms with Gasteiger partial charge in [-0.3, -0.25) is 15.0 Å². The molecule has 1 fully saturated rings. The Hall–Kier alpha value is -5.46. The minimum atomic E-state index is -0.899. The summed E-state index contributed by atoms with van der Waals surface area (Å²) in [5.74, 6) is -0.382. The highest BCUT2D eigenvalue weighted by Gasteiger charge is 2.39. The molecule has 3 aromatic carbocycles. The van der Waals surface area contributed by atoms with Crippen molar-refractivity contribution in [2.24, 2.45) is 9.98 Å². The number of carbonyl (C=O) groups excluding carboxylic acids is 3. The zero-order valence-corrected chi connectivity index (χ0v) is 32.5. The van der Waals surface area contributed by atoms with E-state index in [4.69, 9.17) is 14.5 Å². The summed E-state index contributed by atoms with van der Waals surface area (Å²) in [5.41, 5.74) is 2.48. The van der Waals surface area contributed by atoms with E-state index >= 15 is 0 Å². The highest BCUT2D eigenvalue weighted by Crippen LogP contribution is 2.51. The Morgan fingerprint density at radius 1 is 0.943 bits per heavy atom. The van der Waals surface area contributed by atoms with Crippen molar-refractivity contribution in [3.05, 3.63) is 87.8 Å². The Kier molecular flexibility index (Phi) is 11.7. The van der Waals surface area contributed by atoms with E-state index in [1.807, 2.05) is 67.4 Å². The van der Waals surface area contributed by atoms with E-state index in [1.165, 1.54) is 23.5 Å². The van der Waals surface area contributed by atoms with E-state index in [0.29, 0.717) is 45.1 Å². The van der Waals surface area contributed by atoms with Crippen molar-refractivity contribution < 1.29 is 23.9 Å². The quantitative estimate of drug-likeness (QED) is 0.126. The predicted octanol–water partition coefficient (Wildman–Crippen LogP) is 8.39. The van der Waals surface area contributed by atoms with Crippen LogP contribution in [0.5, 0.6) is 0 Å². The molecule has 2 aliphatic rings. The summed E-state index contributed by atoms with van der Waals surface area (Å²) in [7, 11) is 1.89. The number of rotatable bonds is 6. The Morgan fingerprint density at radius 3 is 2.32 bits per heavy atom. The van der Waals surface area contributed by atoms with Crippen molar-refractivity contribution in [1.82, 2.24) is 10.2 Å². The zero-order valence-electron chi connectivity index (χ0n) is 30.9. The highest BCUT2D eigenvalue weighted by atomic mass is 32.2. The third-order valence-corrected chi connectivity index (χ3v) is 9.68. The molecule has 3 amide bonds. The van der Waals surface area contributed by atoms with Gasteiger partial charge in [-0.1, -0.05) is 42.1 Å². The average Bonchev–Trinajstić information content (AvgIpc) is 3.55. The third-order valence-electron chi connectivity index (χ3n) is 7.26. The molecule has 53 heavy (non-hydrogen) atoms. The van der Waals surface area contributed by atoms with Crippen LogP contribution in [0.3, 0.4) is 0 Å². The van der Waals surface area contributed by atoms with E-state index in [0.717, 1.165) is 21.8 Å². The number of ether oxygens (including phenoxy) is 2. The van der Waals surface area contributed by atoms with Crippen LogP contribution < -0.4 is 20.9 Å². The second-order valence-electron chi connectivity index (χ2n) is 13.9. The van der Waals surface area contributed by atoms with E-state index in [1.54, 1.807) is 64.6 Å². The Bertz CT molecular complexity index is 2050. The molecule has 0 atom stereocenters. The van der Waals surface area contributed by atoms with Gasteiger partial charge in [0, 0.05) is 24.2 Å². The highest BCUT2D eigenvalue weighted by molar-refractivity contribution is 8.19. The average molecular weight is 755 g/mol. The third kappa shape index (κ3) is 10.1. The first-order valence-corrected chi connectivity index (χ1v) is 18.5. The summed E-state index contributed by atoms with van der Waals surface area (Å²) < 4.78 is 10.7. The molecule has 0 aliphatic carbocycles. The molecule has 0 unspecified atom stereocenters. The second-order valence-corrected chi connectivity index (χ2v) is 15.9. The fraction of sp³-hybridized carbons (Fsp3) is 0.316. The molecule has 0 radical (unpaired) electrons. The zero-order chi connectivity index (χ0) is 38.5. The van der Waals surface area contributed by atoms with Crippen LogP contribution in [-0.2, 0) is 20.8 Å². The number of nitrogens with zero attached hydrogens (tertiary/aromatic N) is 5. The van der Waals surface area contributed by atoms with Crippen LogP contribution in [0.4, 0.5) is 32.3 Å². The maximum absolute atomic E-state index is 14.3. The number of amides is 3. The lowest BCUT2D eigenvalue weighted by Gasteiger charge is -2.21. The van der Waals surface area contributed by atoms with Crippen molar-refractivity contribution in [3.8, 4) is 6.07 Å². The van der Waals surface area contributed by atoms with Gasteiger partial charge < -0.3 is 25.0 Å². The van der Waals surface area contributed by atoms with Gasteiger partial charge in [0.25, 0.3) is 5.91 Å². The molecule has 276 valence electrons. The summed E-state index contributed by atoms with van der Waals surface area (Å²) in [4.78, 5) is 53.4. The van der Waals surface area contributed by atoms with Gasteiger partial charge in [0.15, 0.2) is 5.17 Å². The molecular formula is C38H42N8O5S2. The number of amidine groups is 1. The molecule has 13 nitrogen and oxygen atoms in total. The summed E-state index contributed by atoms with van der Waals surface area (Å²) in [6.45, 7) is 13.2. The lowest BCUT2D eigenvalue weighted by atomic mass is 10.2. The molecule has 5 rings (SSSR count). The number of aliphatic imine (C=N–C) groups is 2. The summed E-state index contributed by atoms with van der Waals surface area (Å²) >= 11 is 2.68. The summed E-state index contributed by atoms with van der Waals surface area (Å²) in [6, 6.07) is 22.6. The molecule has 0 aromatic heterocycles. The molecule has 1 saturated heterocycles. The molecule has 2 heterocycles. The first-order chi connectivity index (χ1) is 25.0. The number of fused-ring (bicyclic) bond motifs is 1. The number of guanidine groups is 1. The van der Waals surface area contributed by atoms with E-state index in [9.17, 15) is 19.6 Å². The van der Waals surface area contributed by atoms with Gasteiger partial charge in [0.05, 0.1) is 40.3 Å². The normalized spacial score (nSPS) is 16.7. The number of anilines is 3. The fourth-order valence-electron chi connectivity index (χ4n) is 5.09. The molecule has 3 aromatic rings. The Morgan fingerprint density at radius 2 is 1.66 bits per heavy atom. The molecule has 0 spiro atoms. The number of carbonyl (C=O) groups is 3. The first kappa shape index (κ1) is 38.8. The standard InChI is InChI=1S/C38H42N8O5S2/c1-9-40-26-17-15-24(21-39)19-27(26)42-34-46(22-23-13-11-10-12-14-23)31(47)30(53-34)32-45(8)28-18-16-25(20-29(28)52-32)41-33(43-35(48)50-37(2,3)4)44-36(49)51-38(5,6)7/h10-20,40H,9,22H2,1-8H3,(H2,41,43,44,48,49)/b32-30-,42-34+. The van der Waals surface area contributed by atoms with Crippen LogP contribution >= 0.6 is 23.5 Å². The van der Waals surface area contributed by atoms with Crippen LogP contribution in [0.15, 0.2) is 91.5 Å². The smallest absolute Gasteiger partial charge is 0.437 e. The van der Waals surface area contributed by atoms with Crippen molar-refractivity contribution in [1.29, 1.82) is 5.26 Å². The molecule has 3 N–H and O–H groups in total. The monoisotopic (exact) mass is 754 g/mol. The maximum atomic E-state index is 14.3. The molecule has 0 bridgehead atoms. The number of benzene rings is 3. The number of hydrogen-bond acceptors (Lipinski definition) is 11. The molecule has 2 aliphatic heterocycles. The largest absolute Gasteiger partial charge is 0.444 e. The number of nitriles is 1. The van der Waals surface area contributed by atoms with E-state index in [2.05, 4.69) is 27.0 Å². The Balaban J connectivity index is 1.48. The van der Waals surface area contributed by atoms with Crippen molar-refractivity contribution >= 4 is 75.5 Å². The van der Waals surface area contributed by atoms with Crippen LogP contribution in [0, 0.1) is 11.3 Å². The van der Waals surface area contributed by atoms with Gasteiger partial charge >= 0.3 is 12.2 Å². The minimum Gasteiger partial charge on any atom is -0.444 e. The van der Waals surface area contributed by atoms with Crippen LogP contribution in [0.2, 0.25) is 0 Å². The lowest BCUT2D eigenvalue weighted by Crippen LogP contribution is -2.40. The summed E-state index contributed by atoms with van der Waals surface area (Å²) in [6.07, 6.45) is -1.70. The second kappa shape index (κ2) is 16.1. The number of nitrogens with one attached hydrogen (secondary N) is 3. The van der Waals surface area contributed by atoms with Crippen molar-refractivity contribution in [3.63, 3.8) is 0 Å². The minimum absolute atomic E-state index is 0.181. The molecular weight excluding hydrogens is 713 g/mol. The van der Waals surface area contributed by atoms with Gasteiger partial charge in [-0.05, 0) is 102 Å². The van der Waals surface area contributed by atoms with Crippen LogP contribution in [-0.4, -0.2) is 58.9 Å². The van der Waals surface area contributed by atoms with Gasteiger partial charge in [0.2, 0.25) is 5.96 Å². The number of thioether (sulfide) groups is 2. The van der Waals surface area contributed by atoms with Gasteiger partial charge in [-0.2, -0.15) is 5.26 Å². The van der Waals surface area contributed by atoms with Gasteiger partial charge in [-0.15, -0.1) is 4.99 Å². The van der Waals surface area contributed by atoms with Crippen LogP contribution in [0.25, 0.3) is 0 Å². The fourth-order valence-corrected chi connectivity index (χ4v) is 7.47. The van der Waals surface area contributed by atoms with E-state index < -0.39 is 23.4 Å². The van der Waals surface area contributed by atoms with E-state index in [-0.39, 0.29) is 11.9 Å². The van der Waals surface area contributed by atoms with Crippen molar-refractivity contribution in [2.45, 2.75) is 71.1 Å². The lowest BCUT2D eigenvalue weighted by molar-refractivity contribution is -0.122. The predicted molar refractivity (Wildman–Crippen MR) is 211 cm³/mol. The Labute approximate surface area is 317 Å². The maximum Gasteiger partial charge on any atom is 0.437 e. The SMILES string of the molecule is CCNc1ccc(C#N)cc1/N=C1/S/C(=C2\Sc3cc(N/C(=N\C(=O)OC(C)(C)C)NC(=O)OC(C)(C)C)ccc3N2C)C(=O)N1Cc1ccccc1. The number of alkyl carbamates (subject to hydrolysis) is 1. The molecule has 15 heteroatoms. The topological polar surface area (TPSA) is 161 Å². The molecule has 0 saturated carbocycles. The van der Waals surface area contributed by atoms with Gasteiger partial charge in [0.1, 0.15) is 16.1 Å². The van der Waals surface area contributed by atoms with Crippen LogP contribution in [0.1, 0.15) is 59.6 Å². The number of hydrogen-bond donors (Lipinski definition) is 3. The first-order valence-electron chi connectivity index (χ1n) is 16.8. The summed E-state index contributed by atoms with van der Waals surface area (Å²) in [5, 5.41) is 19.6.